The summed E-state index contributed by atoms with van der Waals surface area (Å²) in [5.74, 6) is -0.860. The number of likely N-dealkylation sites (tertiary alicyclic amines) is 1. The Balaban J connectivity index is 2.29. The SMILES string of the molecule is CCOC1CCN(CC(C)=CC(=O)O)CC1. The molecule has 0 radical (unpaired) electrons. The van der Waals surface area contributed by atoms with Crippen molar-refractivity contribution < 1.29 is 14.6 Å². The van der Waals surface area contributed by atoms with E-state index in [0.29, 0.717) is 6.10 Å². The van der Waals surface area contributed by atoms with Crippen molar-refractivity contribution in [3.05, 3.63) is 11.6 Å². The van der Waals surface area contributed by atoms with Gasteiger partial charge in [-0.2, -0.15) is 0 Å². The van der Waals surface area contributed by atoms with E-state index < -0.39 is 5.97 Å². The average molecular weight is 227 g/mol. The number of piperidine rings is 1. The highest BCUT2D eigenvalue weighted by molar-refractivity contribution is 5.80. The fraction of sp³-hybridized carbons (Fsp3) is 0.750. The third kappa shape index (κ3) is 4.77. The van der Waals surface area contributed by atoms with E-state index in [4.69, 9.17) is 9.84 Å². The fourth-order valence-electron chi connectivity index (χ4n) is 2.08. The van der Waals surface area contributed by atoms with Gasteiger partial charge in [-0.05, 0) is 26.7 Å². The van der Waals surface area contributed by atoms with Crippen LogP contribution in [0.4, 0.5) is 0 Å². The number of carboxylic acid groups (broad SMARTS) is 1. The molecule has 0 atom stereocenters. The molecule has 1 aliphatic rings. The van der Waals surface area contributed by atoms with Crippen LogP contribution < -0.4 is 0 Å². The van der Waals surface area contributed by atoms with Gasteiger partial charge in [0.25, 0.3) is 0 Å². The van der Waals surface area contributed by atoms with Gasteiger partial charge in [-0.3, -0.25) is 4.90 Å². The Labute approximate surface area is 96.9 Å². The molecule has 0 amide bonds. The van der Waals surface area contributed by atoms with E-state index in [2.05, 4.69) is 4.90 Å². The standard InChI is InChI=1S/C12H21NO3/c1-3-16-11-4-6-13(7-5-11)9-10(2)8-12(14)15/h8,11H,3-7,9H2,1-2H3,(H,14,15). The van der Waals surface area contributed by atoms with Gasteiger partial charge in [0.05, 0.1) is 6.10 Å². The maximum atomic E-state index is 10.5. The molecule has 0 spiro atoms. The monoisotopic (exact) mass is 227 g/mol. The van der Waals surface area contributed by atoms with Gasteiger partial charge >= 0.3 is 5.97 Å². The first-order chi connectivity index (χ1) is 7.61. The molecule has 0 saturated carbocycles. The van der Waals surface area contributed by atoms with Crippen molar-refractivity contribution in [2.45, 2.75) is 32.8 Å². The molecule has 4 heteroatoms. The van der Waals surface area contributed by atoms with Gasteiger partial charge in [0, 0.05) is 32.3 Å². The molecule has 0 bridgehead atoms. The lowest BCUT2D eigenvalue weighted by Crippen LogP contribution is -2.37. The number of carbonyl (C=O) groups is 1. The summed E-state index contributed by atoms with van der Waals surface area (Å²) >= 11 is 0. The molecule has 1 heterocycles. The zero-order chi connectivity index (χ0) is 12.0. The third-order valence-electron chi connectivity index (χ3n) is 2.78. The fourth-order valence-corrected chi connectivity index (χ4v) is 2.08. The van der Waals surface area contributed by atoms with Crippen molar-refractivity contribution in [1.29, 1.82) is 0 Å². The van der Waals surface area contributed by atoms with E-state index in [9.17, 15) is 4.79 Å². The van der Waals surface area contributed by atoms with Crippen molar-refractivity contribution in [2.24, 2.45) is 0 Å². The number of nitrogens with zero attached hydrogens (tertiary/aromatic N) is 1. The highest BCUT2D eigenvalue weighted by atomic mass is 16.5. The van der Waals surface area contributed by atoms with Crippen molar-refractivity contribution in [2.75, 3.05) is 26.2 Å². The summed E-state index contributed by atoms with van der Waals surface area (Å²) in [6.45, 7) is 7.41. The van der Waals surface area contributed by atoms with Crippen LogP contribution in [0.15, 0.2) is 11.6 Å². The van der Waals surface area contributed by atoms with Gasteiger partial charge in [0.15, 0.2) is 0 Å². The Morgan fingerprint density at radius 3 is 2.62 bits per heavy atom. The van der Waals surface area contributed by atoms with Crippen molar-refractivity contribution in [1.82, 2.24) is 4.90 Å². The van der Waals surface area contributed by atoms with E-state index in [1.165, 1.54) is 6.08 Å². The van der Waals surface area contributed by atoms with Crippen LogP contribution in [0.3, 0.4) is 0 Å². The third-order valence-corrected chi connectivity index (χ3v) is 2.78. The molecule has 1 saturated heterocycles. The Morgan fingerprint density at radius 2 is 2.12 bits per heavy atom. The van der Waals surface area contributed by atoms with Crippen molar-refractivity contribution >= 4 is 5.97 Å². The maximum absolute atomic E-state index is 10.5. The second-order valence-electron chi connectivity index (χ2n) is 4.26. The first-order valence-electron chi connectivity index (χ1n) is 5.86. The Bertz CT molecular complexity index is 255. The molecule has 0 aromatic rings. The Hall–Kier alpha value is -0.870. The molecule has 92 valence electrons. The number of aliphatic carboxylic acids is 1. The van der Waals surface area contributed by atoms with E-state index >= 15 is 0 Å². The summed E-state index contributed by atoms with van der Waals surface area (Å²) in [4.78, 5) is 12.8. The molecule has 0 unspecified atom stereocenters. The van der Waals surface area contributed by atoms with Crippen LogP contribution in [-0.4, -0.2) is 48.3 Å². The molecule has 0 aliphatic carbocycles. The van der Waals surface area contributed by atoms with E-state index in [1.807, 2.05) is 13.8 Å². The summed E-state index contributed by atoms with van der Waals surface area (Å²) in [6, 6.07) is 0. The van der Waals surface area contributed by atoms with Gasteiger partial charge in [-0.25, -0.2) is 4.79 Å². The zero-order valence-electron chi connectivity index (χ0n) is 10.1. The summed E-state index contributed by atoms with van der Waals surface area (Å²) in [5, 5.41) is 8.61. The number of hydrogen-bond acceptors (Lipinski definition) is 3. The number of hydrogen-bond donors (Lipinski definition) is 1. The van der Waals surface area contributed by atoms with Crippen LogP contribution in [0.2, 0.25) is 0 Å². The van der Waals surface area contributed by atoms with Crippen LogP contribution >= 0.6 is 0 Å². The molecular weight excluding hydrogens is 206 g/mol. The number of carboxylic acids is 1. The van der Waals surface area contributed by atoms with Gasteiger partial charge in [0.1, 0.15) is 0 Å². The molecule has 1 N–H and O–H groups in total. The average Bonchev–Trinajstić information content (AvgIpc) is 2.20. The van der Waals surface area contributed by atoms with Gasteiger partial charge in [0.2, 0.25) is 0 Å². The Morgan fingerprint density at radius 1 is 1.50 bits per heavy atom. The minimum absolute atomic E-state index is 0.394. The van der Waals surface area contributed by atoms with Crippen molar-refractivity contribution in [3.8, 4) is 0 Å². The highest BCUT2D eigenvalue weighted by Crippen LogP contribution is 2.14. The van der Waals surface area contributed by atoms with Crippen LogP contribution in [0.1, 0.15) is 26.7 Å². The minimum atomic E-state index is -0.860. The minimum Gasteiger partial charge on any atom is -0.478 e. The molecule has 0 aromatic heterocycles. The molecule has 1 rings (SSSR count). The van der Waals surface area contributed by atoms with Gasteiger partial charge in [-0.15, -0.1) is 0 Å². The van der Waals surface area contributed by atoms with E-state index in [-0.39, 0.29) is 0 Å². The molecule has 0 aromatic carbocycles. The summed E-state index contributed by atoms with van der Waals surface area (Å²) in [5.41, 5.74) is 0.905. The first kappa shape index (κ1) is 13.2. The quantitative estimate of drug-likeness (QED) is 0.723. The van der Waals surface area contributed by atoms with E-state index in [0.717, 1.165) is 44.7 Å². The van der Waals surface area contributed by atoms with E-state index in [1.54, 1.807) is 0 Å². The molecule has 4 nitrogen and oxygen atoms in total. The molecule has 16 heavy (non-hydrogen) atoms. The predicted molar refractivity (Wildman–Crippen MR) is 62.5 cm³/mol. The summed E-state index contributed by atoms with van der Waals surface area (Å²) in [6.07, 6.45) is 3.78. The zero-order valence-corrected chi connectivity index (χ0v) is 10.1. The lowest BCUT2D eigenvalue weighted by Gasteiger charge is -2.31. The van der Waals surface area contributed by atoms with Crippen LogP contribution in [0.5, 0.6) is 0 Å². The first-order valence-corrected chi connectivity index (χ1v) is 5.86. The number of ether oxygens (including phenoxy) is 1. The normalized spacial score (nSPS) is 20.0. The van der Waals surface area contributed by atoms with Crippen molar-refractivity contribution in [3.63, 3.8) is 0 Å². The lowest BCUT2D eigenvalue weighted by molar-refractivity contribution is -0.131. The second-order valence-corrected chi connectivity index (χ2v) is 4.26. The summed E-state index contributed by atoms with van der Waals surface area (Å²) in [7, 11) is 0. The number of rotatable bonds is 5. The molecule has 1 aliphatic heterocycles. The maximum Gasteiger partial charge on any atom is 0.328 e. The molecule has 1 fully saturated rings. The smallest absolute Gasteiger partial charge is 0.328 e. The van der Waals surface area contributed by atoms with Crippen LogP contribution in [-0.2, 0) is 9.53 Å². The lowest BCUT2D eigenvalue weighted by atomic mass is 10.1. The second kappa shape index (κ2) is 6.66. The topological polar surface area (TPSA) is 49.8 Å². The van der Waals surface area contributed by atoms with Gasteiger partial charge in [-0.1, -0.05) is 5.57 Å². The summed E-state index contributed by atoms with van der Waals surface area (Å²) < 4.78 is 5.57. The van der Waals surface area contributed by atoms with Crippen LogP contribution in [0, 0.1) is 0 Å². The highest BCUT2D eigenvalue weighted by Gasteiger charge is 2.19. The van der Waals surface area contributed by atoms with Crippen LogP contribution in [0.25, 0.3) is 0 Å². The molecular formula is C12H21NO3. The Kier molecular flexibility index (Phi) is 5.49. The predicted octanol–water partition coefficient (Wildman–Crippen LogP) is 1.52. The van der Waals surface area contributed by atoms with Gasteiger partial charge < -0.3 is 9.84 Å². The largest absolute Gasteiger partial charge is 0.478 e.